The third kappa shape index (κ3) is 9.17. The van der Waals surface area contributed by atoms with Crippen molar-refractivity contribution in [3.8, 4) is 0 Å². The summed E-state index contributed by atoms with van der Waals surface area (Å²) in [6, 6.07) is 0. The Hall–Kier alpha value is -0.790. The molecule has 0 unspecified atom stereocenters. The third-order valence-corrected chi connectivity index (χ3v) is 4.00. The number of esters is 1. The first-order chi connectivity index (χ1) is 9.83. The van der Waals surface area contributed by atoms with Gasteiger partial charge in [-0.3, -0.25) is 4.79 Å². The number of carbonyl (C=O) groups excluding carboxylic acids is 1. The van der Waals surface area contributed by atoms with Crippen LogP contribution < -0.4 is 0 Å². The molecule has 0 amide bonds. The Morgan fingerprint density at radius 2 is 1.85 bits per heavy atom. The van der Waals surface area contributed by atoms with Crippen LogP contribution in [-0.2, 0) is 9.53 Å². The second-order valence-corrected chi connectivity index (χ2v) is 5.97. The molecule has 0 aromatic heterocycles. The number of unbranched alkanes of at least 4 members (excludes halogenated alkanes) is 3. The van der Waals surface area contributed by atoms with E-state index in [1.54, 1.807) is 0 Å². The highest BCUT2D eigenvalue weighted by molar-refractivity contribution is 5.69. The molecule has 0 aliphatic carbocycles. The van der Waals surface area contributed by atoms with E-state index in [-0.39, 0.29) is 12.1 Å². The van der Waals surface area contributed by atoms with Crippen molar-refractivity contribution in [3.63, 3.8) is 0 Å². The van der Waals surface area contributed by atoms with Crippen LogP contribution in [0.25, 0.3) is 0 Å². The van der Waals surface area contributed by atoms with Gasteiger partial charge in [-0.15, -0.1) is 0 Å². The maximum Gasteiger partial charge on any atom is 0.306 e. The standard InChI is InChI=1S/C18H32O2/c1-2-3-4-11-14-17-15-12-9-7-5-6-8-10-13-16-18(19)20-17/h9,12,17H,2-8,10-11,13-16H2,1H3/b12-9+/t17-/m0/s1. The van der Waals surface area contributed by atoms with Gasteiger partial charge in [0.25, 0.3) is 0 Å². The molecule has 2 heteroatoms. The van der Waals surface area contributed by atoms with E-state index in [0.29, 0.717) is 6.42 Å². The molecule has 0 aromatic rings. The van der Waals surface area contributed by atoms with E-state index >= 15 is 0 Å². The van der Waals surface area contributed by atoms with Crippen molar-refractivity contribution in [2.24, 2.45) is 0 Å². The smallest absolute Gasteiger partial charge is 0.306 e. The monoisotopic (exact) mass is 280 g/mol. The lowest BCUT2D eigenvalue weighted by molar-refractivity contribution is -0.149. The fourth-order valence-electron chi connectivity index (χ4n) is 2.70. The predicted octanol–water partition coefficient (Wildman–Crippen LogP) is 5.56. The summed E-state index contributed by atoms with van der Waals surface area (Å²) < 4.78 is 5.65. The molecule has 0 bridgehead atoms. The average Bonchev–Trinajstić information content (AvgIpc) is 2.46. The molecule has 1 rings (SSSR count). The first-order valence-corrected chi connectivity index (χ1v) is 8.67. The number of carbonyl (C=O) groups is 1. The summed E-state index contributed by atoms with van der Waals surface area (Å²) in [5.74, 6) is 0.0122. The van der Waals surface area contributed by atoms with Gasteiger partial charge in [0.1, 0.15) is 6.10 Å². The van der Waals surface area contributed by atoms with Crippen LogP contribution in [0.1, 0.15) is 90.4 Å². The zero-order valence-electron chi connectivity index (χ0n) is 13.2. The highest BCUT2D eigenvalue weighted by atomic mass is 16.5. The lowest BCUT2D eigenvalue weighted by Crippen LogP contribution is -2.17. The van der Waals surface area contributed by atoms with Crippen LogP contribution in [0.4, 0.5) is 0 Å². The Morgan fingerprint density at radius 3 is 2.70 bits per heavy atom. The van der Waals surface area contributed by atoms with Crippen LogP contribution in [0.2, 0.25) is 0 Å². The summed E-state index contributed by atoms with van der Waals surface area (Å²) in [6.07, 6.45) is 19.3. The highest BCUT2D eigenvalue weighted by Gasteiger charge is 2.13. The van der Waals surface area contributed by atoms with Crippen LogP contribution in [-0.4, -0.2) is 12.1 Å². The maximum atomic E-state index is 11.8. The van der Waals surface area contributed by atoms with E-state index in [1.165, 1.54) is 57.8 Å². The molecule has 0 spiro atoms. The molecule has 0 N–H and O–H groups in total. The molecule has 1 heterocycles. The number of allylic oxidation sites excluding steroid dienone is 1. The van der Waals surface area contributed by atoms with Gasteiger partial charge < -0.3 is 4.74 Å². The van der Waals surface area contributed by atoms with Crippen molar-refractivity contribution in [3.05, 3.63) is 12.2 Å². The summed E-state index contributed by atoms with van der Waals surface area (Å²) in [5, 5.41) is 0. The van der Waals surface area contributed by atoms with Crippen LogP contribution in [0, 0.1) is 0 Å². The van der Waals surface area contributed by atoms with Crippen molar-refractivity contribution in [1.82, 2.24) is 0 Å². The van der Waals surface area contributed by atoms with E-state index in [0.717, 1.165) is 19.3 Å². The molecule has 0 saturated carbocycles. The average molecular weight is 280 g/mol. The summed E-state index contributed by atoms with van der Waals surface area (Å²) in [4.78, 5) is 11.8. The van der Waals surface area contributed by atoms with Crippen molar-refractivity contribution < 1.29 is 9.53 Å². The highest BCUT2D eigenvalue weighted by Crippen LogP contribution is 2.16. The SMILES string of the molecule is CCCCCC[C@H]1C/C=C/CCCCCCCC(=O)O1. The summed E-state index contributed by atoms with van der Waals surface area (Å²) in [6.45, 7) is 2.22. The van der Waals surface area contributed by atoms with Crippen molar-refractivity contribution in [2.45, 2.75) is 96.5 Å². The molecular formula is C18H32O2. The molecule has 20 heavy (non-hydrogen) atoms. The molecule has 0 saturated heterocycles. The third-order valence-electron chi connectivity index (χ3n) is 4.00. The van der Waals surface area contributed by atoms with Crippen molar-refractivity contribution in [2.75, 3.05) is 0 Å². The molecule has 1 atom stereocenters. The number of hydrogen-bond donors (Lipinski definition) is 0. The molecule has 1 aliphatic rings. The second-order valence-electron chi connectivity index (χ2n) is 5.97. The molecule has 0 fully saturated rings. The quantitative estimate of drug-likeness (QED) is 0.374. The van der Waals surface area contributed by atoms with Crippen molar-refractivity contribution in [1.29, 1.82) is 0 Å². The zero-order valence-corrected chi connectivity index (χ0v) is 13.2. The van der Waals surface area contributed by atoms with Gasteiger partial charge in [0, 0.05) is 12.8 Å². The maximum absolute atomic E-state index is 11.8. The first-order valence-electron chi connectivity index (χ1n) is 8.67. The fraction of sp³-hybridized carbons (Fsp3) is 0.833. The van der Waals surface area contributed by atoms with Crippen molar-refractivity contribution >= 4 is 5.97 Å². The fourth-order valence-corrected chi connectivity index (χ4v) is 2.70. The van der Waals surface area contributed by atoms with Gasteiger partial charge >= 0.3 is 5.97 Å². The van der Waals surface area contributed by atoms with Gasteiger partial charge in [-0.1, -0.05) is 57.6 Å². The van der Waals surface area contributed by atoms with Crippen LogP contribution in [0.15, 0.2) is 12.2 Å². The van der Waals surface area contributed by atoms with E-state index in [2.05, 4.69) is 19.1 Å². The Bertz CT molecular complexity index is 271. The van der Waals surface area contributed by atoms with E-state index in [1.807, 2.05) is 0 Å². The Kier molecular flexibility index (Phi) is 10.3. The van der Waals surface area contributed by atoms with Crippen LogP contribution in [0.3, 0.4) is 0 Å². The van der Waals surface area contributed by atoms with Gasteiger partial charge in [0.15, 0.2) is 0 Å². The molecule has 1 aliphatic heterocycles. The molecule has 116 valence electrons. The van der Waals surface area contributed by atoms with Crippen LogP contribution >= 0.6 is 0 Å². The predicted molar refractivity (Wildman–Crippen MR) is 84.7 cm³/mol. The summed E-state index contributed by atoms with van der Waals surface area (Å²) in [5.41, 5.74) is 0. The Labute approximate surface area is 125 Å². The summed E-state index contributed by atoms with van der Waals surface area (Å²) in [7, 11) is 0. The van der Waals surface area contributed by atoms with Gasteiger partial charge in [-0.05, 0) is 32.1 Å². The van der Waals surface area contributed by atoms with E-state index < -0.39 is 0 Å². The number of cyclic esters (lactones) is 1. The second kappa shape index (κ2) is 12.0. The van der Waals surface area contributed by atoms with Gasteiger partial charge in [0.2, 0.25) is 0 Å². The zero-order chi connectivity index (χ0) is 14.5. The molecule has 0 aromatic carbocycles. The topological polar surface area (TPSA) is 26.3 Å². The Morgan fingerprint density at radius 1 is 1.05 bits per heavy atom. The van der Waals surface area contributed by atoms with E-state index in [4.69, 9.17) is 4.74 Å². The minimum Gasteiger partial charge on any atom is -0.462 e. The molecule has 2 nitrogen and oxygen atoms in total. The molecular weight excluding hydrogens is 248 g/mol. The van der Waals surface area contributed by atoms with Gasteiger partial charge in [-0.2, -0.15) is 0 Å². The van der Waals surface area contributed by atoms with E-state index in [9.17, 15) is 4.79 Å². The number of ether oxygens (including phenoxy) is 1. The molecule has 0 radical (unpaired) electrons. The minimum absolute atomic E-state index is 0.0122. The number of rotatable bonds is 5. The normalized spacial score (nSPS) is 24.1. The largest absolute Gasteiger partial charge is 0.462 e. The Balaban J connectivity index is 2.37. The van der Waals surface area contributed by atoms with Crippen LogP contribution in [0.5, 0.6) is 0 Å². The summed E-state index contributed by atoms with van der Waals surface area (Å²) >= 11 is 0. The lowest BCUT2D eigenvalue weighted by Gasteiger charge is -2.16. The lowest BCUT2D eigenvalue weighted by atomic mass is 10.1. The number of hydrogen-bond acceptors (Lipinski definition) is 2. The minimum atomic E-state index is 0.0122. The van der Waals surface area contributed by atoms with Gasteiger partial charge in [0.05, 0.1) is 0 Å². The first kappa shape index (κ1) is 17.3. The van der Waals surface area contributed by atoms with Gasteiger partial charge in [-0.25, -0.2) is 0 Å².